The predicted molar refractivity (Wildman–Crippen MR) is 75.5 cm³/mol. The Morgan fingerprint density at radius 2 is 2.28 bits per heavy atom. The first kappa shape index (κ1) is 13.1. The fraction of sp³-hybridized carbons (Fsp3) is 0.308. The molecule has 0 unspecified atom stereocenters. The zero-order chi connectivity index (χ0) is 13.0. The summed E-state index contributed by atoms with van der Waals surface area (Å²) in [7, 11) is 0. The smallest absolute Gasteiger partial charge is 0.0640 e. The van der Waals surface area contributed by atoms with Crippen LogP contribution in [0, 0.1) is 6.92 Å². The van der Waals surface area contributed by atoms with Crippen LogP contribution in [0.2, 0.25) is 0 Å². The third kappa shape index (κ3) is 3.34. The molecule has 0 saturated heterocycles. The van der Waals surface area contributed by atoms with Crippen molar-refractivity contribution in [3.8, 4) is 0 Å². The van der Waals surface area contributed by atoms with Crippen molar-refractivity contribution in [2.24, 2.45) is 0 Å². The Bertz CT molecular complexity index is 525. The number of aliphatic hydroxyl groups is 1. The largest absolute Gasteiger partial charge is 0.394 e. The first-order valence-corrected chi connectivity index (χ1v) is 6.60. The summed E-state index contributed by atoms with van der Waals surface area (Å²) >= 11 is 3.53. The summed E-state index contributed by atoms with van der Waals surface area (Å²) in [6, 6.07) is 6.21. The van der Waals surface area contributed by atoms with Gasteiger partial charge in [0.2, 0.25) is 0 Å². The second kappa shape index (κ2) is 6.02. The molecule has 0 bridgehead atoms. The SMILES string of the molecule is Cc1ccc(NCc2cnn(CCO)c2)c(Br)c1. The molecule has 2 N–H and O–H groups in total. The lowest BCUT2D eigenvalue weighted by Gasteiger charge is -2.07. The summed E-state index contributed by atoms with van der Waals surface area (Å²) in [6.45, 7) is 3.42. The van der Waals surface area contributed by atoms with Gasteiger partial charge in [-0.05, 0) is 40.5 Å². The molecule has 2 rings (SSSR count). The average Bonchev–Trinajstić information content (AvgIpc) is 2.76. The van der Waals surface area contributed by atoms with Gasteiger partial charge in [-0.25, -0.2) is 0 Å². The molecule has 0 aliphatic rings. The normalized spacial score (nSPS) is 10.6. The second-order valence-corrected chi connectivity index (χ2v) is 5.03. The van der Waals surface area contributed by atoms with Crippen molar-refractivity contribution >= 4 is 21.6 Å². The van der Waals surface area contributed by atoms with Gasteiger partial charge >= 0.3 is 0 Å². The molecule has 0 aliphatic heterocycles. The molecule has 1 aromatic carbocycles. The van der Waals surface area contributed by atoms with Gasteiger partial charge in [0.15, 0.2) is 0 Å². The van der Waals surface area contributed by atoms with Crippen LogP contribution in [0.1, 0.15) is 11.1 Å². The third-order valence-corrected chi connectivity index (χ3v) is 3.28. The van der Waals surface area contributed by atoms with E-state index < -0.39 is 0 Å². The minimum atomic E-state index is 0.109. The van der Waals surface area contributed by atoms with Crippen LogP contribution in [0.4, 0.5) is 5.69 Å². The maximum absolute atomic E-state index is 8.82. The number of aryl methyl sites for hydroxylation is 1. The molecule has 0 fully saturated rings. The van der Waals surface area contributed by atoms with Crippen molar-refractivity contribution in [2.45, 2.75) is 20.0 Å². The minimum Gasteiger partial charge on any atom is -0.394 e. The highest BCUT2D eigenvalue weighted by Gasteiger charge is 2.01. The van der Waals surface area contributed by atoms with E-state index in [0.717, 1.165) is 15.7 Å². The lowest BCUT2D eigenvalue weighted by Crippen LogP contribution is -2.02. The Kier molecular flexibility index (Phi) is 4.38. The summed E-state index contributed by atoms with van der Waals surface area (Å²) < 4.78 is 2.80. The molecular formula is C13H16BrN3O. The Balaban J connectivity index is 1.97. The number of aromatic nitrogens is 2. The van der Waals surface area contributed by atoms with Crippen LogP contribution in [-0.2, 0) is 13.1 Å². The van der Waals surface area contributed by atoms with E-state index in [9.17, 15) is 0 Å². The van der Waals surface area contributed by atoms with Crippen LogP contribution in [0.25, 0.3) is 0 Å². The maximum atomic E-state index is 8.82. The molecule has 0 spiro atoms. The first-order chi connectivity index (χ1) is 8.69. The zero-order valence-corrected chi connectivity index (χ0v) is 11.8. The van der Waals surface area contributed by atoms with Gasteiger partial charge in [0.25, 0.3) is 0 Å². The summed E-state index contributed by atoms with van der Waals surface area (Å²) in [4.78, 5) is 0. The van der Waals surface area contributed by atoms with Crippen LogP contribution in [0.5, 0.6) is 0 Å². The maximum Gasteiger partial charge on any atom is 0.0640 e. The Morgan fingerprint density at radius 1 is 1.44 bits per heavy atom. The fourth-order valence-corrected chi connectivity index (χ4v) is 2.32. The van der Waals surface area contributed by atoms with Crippen LogP contribution < -0.4 is 5.32 Å². The molecule has 2 aromatic rings. The van der Waals surface area contributed by atoms with E-state index in [1.54, 1.807) is 4.68 Å². The summed E-state index contributed by atoms with van der Waals surface area (Å²) in [5, 5.41) is 16.3. The van der Waals surface area contributed by atoms with Gasteiger partial charge in [-0.2, -0.15) is 5.10 Å². The number of nitrogens with zero attached hydrogens (tertiary/aromatic N) is 2. The molecule has 4 nitrogen and oxygen atoms in total. The molecule has 5 heteroatoms. The number of hydrogen-bond donors (Lipinski definition) is 2. The first-order valence-electron chi connectivity index (χ1n) is 5.81. The molecule has 0 amide bonds. The summed E-state index contributed by atoms with van der Waals surface area (Å²) in [6.07, 6.45) is 3.75. The number of benzene rings is 1. The number of rotatable bonds is 5. The van der Waals surface area contributed by atoms with Crippen molar-refractivity contribution in [2.75, 3.05) is 11.9 Å². The van der Waals surface area contributed by atoms with E-state index in [2.05, 4.69) is 51.5 Å². The van der Waals surface area contributed by atoms with Crippen molar-refractivity contribution in [1.82, 2.24) is 9.78 Å². The van der Waals surface area contributed by atoms with Crippen molar-refractivity contribution in [3.63, 3.8) is 0 Å². The van der Waals surface area contributed by atoms with Crippen LogP contribution in [-0.4, -0.2) is 21.5 Å². The van der Waals surface area contributed by atoms with Gasteiger partial charge in [0.05, 0.1) is 19.3 Å². The molecule has 18 heavy (non-hydrogen) atoms. The van der Waals surface area contributed by atoms with E-state index in [0.29, 0.717) is 13.1 Å². The highest BCUT2D eigenvalue weighted by molar-refractivity contribution is 9.10. The quantitative estimate of drug-likeness (QED) is 0.892. The van der Waals surface area contributed by atoms with Gasteiger partial charge in [-0.15, -0.1) is 0 Å². The molecule has 96 valence electrons. The van der Waals surface area contributed by atoms with Crippen molar-refractivity contribution < 1.29 is 5.11 Å². The van der Waals surface area contributed by atoms with E-state index in [1.165, 1.54) is 5.56 Å². The van der Waals surface area contributed by atoms with E-state index in [-0.39, 0.29) is 6.61 Å². The van der Waals surface area contributed by atoms with Gasteiger partial charge in [-0.3, -0.25) is 4.68 Å². The number of nitrogens with one attached hydrogen (secondary N) is 1. The van der Waals surface area contributed by atoms with Gasteiger partial charge in [0.1, 0.15) is 0 Å². The predicted octanol–water partition coefficient (Wildman–Crippen LogP) is 2.56. The fourth-order valence-electron chi connectivity index (χ4n) is 1.68. The lowest BCUT2D eigenvalue weighted by molar-refractivity contribution is 0.269. The van der Waals surface area contributed by atoms with Crippen LogP contribution >= 0.6 is 15.9 Å². The molecule has 1 aromatic heterocycles. The number of hydrogen-bond acceptors (Lipinski definition) is 3. The minimum absolute atomic E-state index is 0.109. The van der Waals surface area contributed by atoms with Gasteiger partial charge in [-0.1, -0.05) is 6.07 Å². The molecular weight excluding hydrogens is 294 g/mol. The lowest BCUT2D eigenvalue weighted by atomic mass is 10.2. The zero-order valence-electron chi connectivity index (χ0n) is 10.2. The van der Waals surface area contributed by atoms with Crippen molar-refractivity contribution in [1.29, 1.82) is 0 Å². The highest BCUT2D eigenvalue weighted by atomic mass is 79.9. The average molecular weight is 310 g/mol. The molecule has 0 aliphatic carbocycles. The second-order valence-electron chi connectivity index (χ2n) is 4.17. The Labute approximate surface area is 115 Å². The summed E-state index contributed by atoms with van der Waals surface area (Å²) in [5.74, 6) is 0. The van der Waals surface area contributed by atoms with Gasteiger partial charge in [0, 0.05) is 28.5 Å². The van der Waals surface area contributed by atoms with E-state index in [4.69, 9.17) is 5.11 Å². The number of halogens is 1. The Morgan fingerprint density at radius 3 is 3.00 bits per heavy atom. The third-order valence-electron chi connectivity index (χ3n) is 2.62. The summed E-state index contributed by atoms with van der Waals surface area (Å²) in [5.41, 5.74) is 3.38. The topological polar surface area (TPSA) is 50.1 Å². The van der Waals surface area contributed by atoms with Crippen LogP contribution in [0.15, 0.2) is 35.1 Å². The van der Waals surface area contributed by atoms with E-state index >= 15 is 0 Å². The van der Waals surface area contributed by atoms with Crippen molar-refractivity contribution in [3.05, 3.63) is 46.2 Å². The molecule has 0 saturated carbocycles. The molecule has 0 radical (unpaired) electrons. The van der Waals surface area contributed by atoms with Gasteiger partial charge < -0.3 is 10.4 Å². The highest BCUT2D eigenvalue weighted by Crippen LogP contribution is 2.23. The van der Waals surface area contributed by atoms with E-state index in [1.807, 2.05) is 12.4 Å². The molecule has 0 atom stereocenters. The number of aliphatic hydroxyl groups excluding tert-OH is 1. The van der Waals surface area contributed by atoms with Crippen LogP contribution in [0.3, 0.4) is 0 Å². The Hall–Kier alpha value is -1.33. The standard InChI is InChI=1S/C13H16BrN3O/c1-10-2-3-13(12(14)6-10)15-7-11-8-16-17(9-11)4-5-18/h2-3,6,8-9,15,18H,4-5,7H2,1H3. The monoisotopic (exact) mass is 309 g/mol. The number of anilines is 1. The molecule has 1 heterocycles.